The monoisotopic (exact) mass is 204 g/mol. The van der Waals surface area contributed by atoms with E-state index >= 15 is 0 Å². The molecule has 0 unspecified atom stereocenters. The molecule has 0 N–H and O–H groups in total. The van der Waals surface area contributed by atoms with Crippen molar-refractivity contribution in [2.24, 2.45) is 0 Å². The van der Waals surface area contributed by atoms with E-state index < -0.39 is 6.29 Å². The first-order chi connectivity index (χ1) is 6.93. The third kappa shape index (κ3) is 1.15. The maximum absolute atomic E-state index is 5.55. The van der Waals surface area contributed by atoms with Gasteiger partial charge in [-0.15, -0.1) is 11.3 Å². The Morgan fingerprint density at radius 1 is 1.21 bits per heavy atom. The van der Waals surface area contributed by atoms with Crippen LogP contribution >= 0.6 is 11.3 Å². The van der Waals surface area contributed by atoms with E-state index in [-0.39, 0.29) is 0 Å². The van der Waals surface area contributed by atoms with Crippen LogP contribution in [0.5, 0.6) is 11.5 Å². The fraction of sp³-hybridized carbons (Fsp3) is 0.100. The van der Waals surface area contributed by atoms with Gasteiger partial charge in [-0.05, 0) is 12.1 Å². The van der Waals surface area contributed by atoms with Crippen LogP contribution in [0.1, 0.15) is 12.0 Å². The summed E-state index contributed by atoms with van der Waals surface area (Å²) in [6, 6.07) is 7.59. The molecule has 69 valence electrons. The maximum Gasteiger partial charge on any atom is 0.285 e. The van der Waals surface area contributed by atoms with Crippen LogP contribution in [0.15, 0.2) is 29.6 Å². The molecule has 0 aliphatic carbocycles. The predicted octanol–water partition coefficient (Wildman–Crippen LogP) is 2.41. The maximum atomic E-state index is 5.55. The van der Waals surface area contributed by atoms with E-state index in [1.165, 1.54) is 11.3 Å². The molecule has 4 heteroatoms. The van der Waals surface area contributed by atoms with Crippen molar-refractivity contribution in [3.8, 4) is 11.5 Å². The fourth-order valence-corrected chi connectivity index (χ4v) is 1.82. The molecule has 1 aromatic carbocycles. The molecular weight excluding hydrogens is 198 g/mol. The Balaban J connectivity index is 1.92. The Bertz CT molecular complexity index is 416. The van der Waals surface area contributed by atoms with Gasteiger partial charge in [-0.1, -0.05) is 12.1 Å². The van der Waals surface area contributed by atoms with Crippen LogP contribution in [-0.2, 0) is 0 Å². The van der Waals surface area contributed by atoms with Crippen molar-refractivity contribution < 1.29 is 9.47 Å². The van der Waals surface area contributed by atoms with Gasteiger partial charge >= 0.3 is 0 Å². The van der Waals surface area contributed by atoms with Crippen molar-refractivity contribution in [1.29, 1.82) is 0 Å². The molecule has 0 amide bonds. The highest BCUT2D eigenvalue weighted by molar-refractivity contribution is 7.07. The van der Waals surface area contributed by atoms with E-state index in [9.17, 15) is 0 Å². The van der Waals surface area contributed by atoms with E-state index in [1.807, 2.05) is 29.6 Å². The lowest BCUT2D eigenvalue weighted by Crippen LogP contribution is -2.07. The fourth-order valence-electron chi connectivity index (χ4n) is 1.32. The number of ether oxygens (including phenoxy) is 2. The van der Waals surface area contributed by atoms with Crippen molar-refractivity contribution in [2.45, 2.75) is 6.29 Å². The van der Waals surface area contributed by atoms with Gasteiger partial charge in [-0.2, -0.15) is 0 Å². The molecule has 0 saturated heterocycles. The Kier molecular flexibility index (Phi) is 1.67. The van der Waals surface area contributed by atoms with Gasteiger partial charge in [0, 0.05) is 5.38 Å². The molecule has 14 heavy (non-hydrogen) atoms. The smallest absolute Gasteiger partial charge is 0.285 e. The van der Waals surface area contributed by atoms with E-state index in [4.69, 9.17) is 9.47 Å². The summed E-state index contributed by atoms with van der Waals surface area (Å²) in [5.41, 5.74) is 3.53. The van der Waals surface area contributed by atoms with Gasteiger partial charge in [-0.25, -0.2) is 4.98 Å². The second-order valence-electron chi connectivity index (χ2n) is 2.88. The molecule has 0 fully saturated rings. The molecule has 0 atom stereocenters. The molecule has 2 aromatic rings. The zero-order valence-corrected chi connectivity index (χ0v) is 7.95. The Hall–Kier alpha value is -1.55. The zero-order valence-electron chi connectivity index (χ0n) is 7.14. The average Bonchev–Trinajstić information content (AvgIpc) is 2.86. The summed E-state index contributed by atoms with van der Waals surface area (Å²) >= 11 is 1.41. The van der Waals surface area contributed by atoms with Crippen LogP contribution in [0.3, 0.4) is 0 Å². The summed E-state index contributed by atoms with van der Waals surface area (Å²) in [7, 11) is 0. The van der Waals surface area contributed by atoms with Crippen molar-refractivity contribution in [1.82, 2.24) is 4.98 Å². The van der Waals surface area contributed by atoms with Gasteiger partial charge in [0.15, 0.2) is 17.0 Å². The highest BCUT2D eigenvalue weighted by Gasteiger charge is 2.26. The number of para-hydroxylation sites is 2. The first-order valence-corrected chi connectivity index (χ1v) is 5.05. The largest absolute Gasteiger partial charge is 0.445 e. The first kappa shape index (κ1) is 7.82. The van der Waals surface area contributed by atoms with Crippen molar-refractivity contribution in [2.75, 3.05) is 0 Å². The number of benzene rings is 1. The highest BCUT2D eigenvalue weighted by atomic mass is 32.1. The molecule has 3 nitrogen and oxygen atoms in total. The van der Waals surface area contributed by atoms with Crippen LogP contribution < -0.4 is 9.47 Å². The summed E-state index contributed by atoms with van der Waals surface area (Å²) in [5.74, 6) is 1.54. The molecule has 0 bridgehead atoms. The second-order valence-corrected chi connectivity index (χ2v) is 3.53. The third-order valence-corrected chi connectivity index (χ3v) is 2.52. The summed E-state index contributed by atoms with van der Waals surface area (Å²) in [6.45, 7) is 0. The topological polar surface area (TPSA) is 31.4 Å². The number of fused-ring (bicyclic) bond motifs is 1. The first-order valence-electron chi connectivity index (χ1n) is 4.17. The lowest BCUT2D eigenvalue weighted by atomic mass is 10.3. The van der Waals surface area contributed by atoms with E-state index in [1.54, 1.807) is 0 Å². The lowest BCUT2D eigenvalue weighted by molar-refractivity contribution is 0.0452. The average molecular weight is 204 g/mol. The number of rotatable bonds is 1. The van der Waals surface area contributed by atoms with Crippen LogP contribution in [0.2, 0.25) is 0 Å². The van der Waals surface area contributed by atoms with Crippen molar-refractivity contribution in [3.05, 3.63) is 40.8 Å². The van der Waals surface area contributed by atoms with Crippen LogP contribution in [-0.4, -0.2) is 4.98 Å². The standard InChI is InChI=1S/C10H6NO2S/c1-2-4-9-8(3-1)12-10(13-9)7-5-14-6-11-7/h1-5,10H. The van der Waals surface area contributed by atoms with Crippen LogP contribution in [0.4, 0.5) is 0 Å². The minimum Gasteiger partial charge on any atom is -0.445 e. The Labute approximate surface area is 84.9 Å². The Morgan fingerprint density at radius 3 is 2.50 bits per heavy atom. The number of hydrogen-bond acceptors (Lipinski definition) is 4. The van der Waals surface area contributed by atoms with E-state index in [0.29, 0.717) is 0 Å². The van der Waals surface area contributed by atoms with Gasteiger partial charge in [0.25, 0.3) is 6.29 Å². The van der Waals surface area contributed by atoms with Gasteiger partial charge in [0.2, 0.25) is 0 Å². The third-order valence-electron chi connectivity index (χ3n) is 1.97. The number of hydrogen-bond donors (Lipinski definition) is 0. The molecule has 0 saturated carbocycles. The SMILES string of the molecule is [c]1nc(C2Oc3ccccc3O2)cs1. The quantitative estimate of drug-likeness (QED) is 0.714. The molecule has 1 aliphatic rings. The summed E-state index contributed by atoms with van der Waals surface area (Å²) in [4.78, 5) is 4.02. The highest BCUT2D eigenvalue weighted by Crippen LogP contribution is 2.39. The normalized spacial score (nSPS) is 14.6. The summed E-state index contributed by atoms with van der Waals surface area (Å²) in [6.07, 6.45) is -0.408. The number of thiazole rings is 1. The number of aromatic nitrogens is 1. The summed E-state index contributed by atoms with van der Waals surface area (Å²) < 4.78 is 11.1. The van der Waals surface area contributed by atoms with Crippen molar-refractivity contribution >= 4 is 11.3 Å². The zero-order chi connectivity index (χ0) is 9.38. The molecule has 0 spiro atoms. The molecule has 2 heterocycles. The molecule has 3 rings (SSSR count). The molecule has 1 aliphatic heterocycles. The molecule has 1 aromatic heterocycles. The minimum absolute atomic E-state index is 0.408. The van der Waals surface area contributed by atoms with Gasteiger partial charge < -0.3 is 9.47 Å². The lowest BCUT2D eigenvalue weighted by Gasteiger charge is -2.05. The van der Waals surface area contributed by atoms with Crippen LogP contribution in [0.25, 0.3) is 0 Å². The molecular formula is C10H6NO2S. The molecule has 1 radical (unpaired) electrons. The second kappa shape index (κ2) is 2.99. The van der Waals surface area contributed by atoms with E-state index in [0.717, 1.165) is 17.2 Å². The van der Waals surface area contributed by atoms with Gasteiger partial charge in [-0.3, -0.25) is 0 Å². The number of nitrogens with zero attached hydrogens (tertiary/aromatic N) is 1. The minimum atomic E-state index is -0.408. The Morgan fingerprint density at radius 2 is 1.93 bits per heavy atom. The van der Waals surface area contributed by atoms with Crippen molar-refractivity contribution in [3.63, 3.8) is 0 Å². The van der Waals surface area contributed by atoms with Gasteiger partial charge in [0.1, 0.15) is 5.69 Å². The summed E-state index contributed by atoms with van der Waals surface area (Å²) in [5, 5.41) is 1.87. The van der Waals surface area contributed by atoms with Crippen LogP contribution in [0, 0.1) is 5.51 Å². The van der Waals surface area contributed by atoms with E-state index in [2.05, 4.69) is 10.5 Å². The van der Waals surface area contributed by atoms with Gasteiger partial charge in [0.05, 0.1) is 0 Å². The predicted molar refractivity (Wildman–Crippen MR) is 51.4 cm³/mol.